The molecule has 8 heteroatoms. The highest BCUT2D eigenvalue weighted by Crippen LogP contribution is 2.44. The Balaban J connectivity index is 1.37. The summed E-state index contributed by atoms with van der Waals surface area (Å²) in [5.74, 6) is -2.37. The van der Waals surface area contributed by atoms with Crippen LogP contribution in [0.4, 0.5) is 11.4 Å². The molecule has 55 heavy (non-hydrogen) atoms. The van der Waals surface area contributed by atoms with E-state index in [9.17, 15) is 28.8 Å². The summed E-state index contributed by atoms with van der Waals surface area (Å²) < 4.78 is 0. The Morgan fingerprint density at radius 3 is 1.44 bits per heavy atom. The van der Waals surface area contributed by atoms with Crippen LogP contribution in [-0.2, 0) is 9.59 Å². The van der Waals surface area contributed by atoms with Crippen molar-refractivity contribution in [2.45, 2.75) is 92.4 Å². The fraction of sp³-hybridized carbons (Fsp3) is 0.362. The highest BCUT2D eigenvalue weighted by atomic mass is 16.2. The number of carbonyl (C=O) groups is 6. The van der Waals surface area contributed by atoms with E-state index in [2.05, 4.69) is 31.4 Å². The highest BCUT2D eigenvalue weighted by Gasteiger charge is 2.40. The van der Waals surface area contributed by atoms with Gasteiger partial charge < -0.3 is 10.6 Å². The van der Waals surface area contributed by atoms with Gasteiger partial charge in [-0.25, -0.2) is 0 Å². The molecule has 282 valence electrons. The van der Waals surface area contributed by atoms with Gasteiger partial charge in [0.15, 0.2) is 23.1 Å². The molecule has 0 heterocycles. The lowest BCUT2D eigenvalue weighted by Gasteiger charge is -2.31. The van der Waals surface area contributed by atoms with Crippen molar-refractivity contribution in [2.75, 3.05) is 10.6 Å². The molecule has 7 rings (SSSR count). The third kappa shape index (κ3) is 6.88. The maximum atomic E-state index is 14.6. The molecule has 4 aromatic rings. The van der Waals surface area contributed by atoms with Gasteiger partial charge >= 0.3 is 0 Å². The maximum absolute atomic E-state index is 14.6. The van der Waals surface area contributed by atoms with Crippen LogP contribution in [0, 0.1) is 16.7 Å². The van der Waals surface area contributed by atoms with Crippen molar-refractivity contribution >= 4 is 46.3 Å². The summed E-state index contributed by atoms with van der Waals surface area (Å²) in [5.41, 5.74) is 1.34. The van der Waals surface area contributed by atoms with Crippen LogP contribution < -0.4 is 10.6 Å². The van der Waals surface area contributed by atoms with Crippen molar-refractivity contribution in [1.82, 2.24) is 0 Å². The Labute approximate surface area is 322 Å². The van der Waals surface area contributed by atoms with Gasteiger partial charge in [0.05, 0.1) is 22.5 Å². The van der Waals surface area contributed by atoms with Crippen molar-refractivity contribution in [3.63, 3.8) is 0 Å². The molecule has 0 bridgehead atoms. The Morgan fingerprint density at radius 2 is 0.982 bits per heavy atom. The van der Waals surface area contributed by atoms with E-state index < -0.39 is 28.5 Å². The summed E-state index contributed by atoms with van der Waals surface area (Å²) in [4.78, 5) is 85.4. The van der Waals surface area contributed by atoms with E-state index in [0.717, 1.165) is 51.4 Å². The summed E-state index contributed by atoms with van der Waals surface area (Å²) in [5, 5.41) is 5.99. The van der Waals surface area contributed by atoms with Crippen LogP contribution in [0.2, 0.25) is 0 Å². The second-order valence-corrected chi connectivity index (χ2v) is 16.8. The van der Waals surface area contributed by atoms with E-state index in [1.165, 1.54) is 0 Å². The zero-order valence-corrected chi connectivity index (χ0v) is 32.3. The molecule has 0 unspecified atom stereocenters. The normalized spacial score (nSPS) is 15.5. The molecule has 1 fully saturated rings. The third-order valence-electron chi connectivity index (χ3n) is 11.9. The fourth-order valence-electron chi connectivity index (χ4n) is 8.56. The molecule has 3 aliphatic rings. The number of fused-ring (bicyclic) bond motifs is 4. The Hall–Kier alpha value is -5.50. The maximum Gasteiger partial charge on any atom is 0.230 e. The molecular formula is C47H48N2O6. The Morgan fingerprint density at radius 1 is 0.545 bits per heavy atom. The molecule has 8 nitrogen and oxygen atoms in total. The summed E-state index contributed by atoms with van der Waals surface area (Å²) in [6.45, 7) is 10.3. The standard InChI is InChI=1S/C47H48N2O6/c1-6-24-46(2,3)25-26-47(4,5)45(55)49-35-23-21-29(37-39(35)43(53)33-19-13-11-17-31(33)41(37)51)28-20-22-34(48-44(54)27-14-8-7-9-15-27)38-36(28)40(50)30-16-10-12-18-32(30)42(38)52/h10-13,16-23,27H,6-9,14-15,24-26H2,1-5H3,(H,48,54)(H,49,55). The molecule has 4 aromatic carbocycles. The number of benzene rings is 4. The topological polar surface area (TPSA) is 126 Å². The molecule has 0 atom stereocenters. The zero-order valence-electron chi connectivity index (χ0n) is 32.3. The first-order valence-electron chi connectivity index (χ1n) is 19.6. The molecule has 0 saturated heterocycles. The first-order valence-corrected chi connectivity index (χ1v) is 19.6. The molecule has 0 radical (unpaired) electrons. The van der Waals surface area contributed by atoms with Gasteiger partial charge in [-0.15, -0.1) is 0 Å². The second kappa shape index (κ2) is 14.6. The van der Waals surface area contributed by atoms with Crippen molar-refractivity contribution in [3.8, 4) is 11.1 Å². The van der Waals surface area contributed by atoms with Gasteiger partial charge in [-0.2, -0.15) is 0 Å². The van der Waals surface area contributed by atoms with Crippen molar-refractivity contribution < 1.29 is 28.8 Å². The Bertz CT molecular complexity index is 2290. The zero-order chi connectivity index (χ0) is 39.2. The third-order valence-corrected chi connectivity index (χ3v) is 11.9. The first kappa shape index (κ1) is 37.8. The van der Waals surface area contributed by atoms with E-state index in [0.29, 0.717) is 6.42 Å². The summed E-state index contributed by atoms with van der Waals surface area (Å²) in [6, 6.07) is 19.7. The quantitative estimate of drug-likeness (QED) is 0.144. The number of hydrogen-bond donors (Lipinski definition) is 2. The SMILES string of the molecule is CCCC(C)(C)CCC(C)(C)C(=O)Nc1ccc(-c2ccc(NC(=O)C3CCCCC3)c3c2C(=O)c2ccccc2C3=O)c2c1C(=O)c1ccccc1C2=O. The number of amides is 2. The van der Waals surface area contributed by atoms with Crippen LogP contribution in [0.3, 0.4) is 0 Å². The number of anilines is 2. The minimum absolute atomic E-state index is 0.0371. The van der Waals surface area contributed by atoms with Crippen molar-refractivity contribution in [1.29, 1.82) is 0 Å². The predicted octanol–water partition coefficient (Wildman–Crippen LogP) is 9.99. The van der Waals surface area contributed by atoms with Crippen LogP contribution in [0.1, 0.15) is 156 Å². The number of rotatable bonds is 10. The van der Waals surface area contributed by atoms with Crippen LogP contribution >= 0.6 is 0 Å². The number of carbonyl (C=O) groups excluding carboxylic acids is 6. The van der Waals surface area contributed by atoms with Crippen molar-refractivity contribution in [3.05, 3.63) is 117 Å². The van der Waals surface area contributed by atoms with E-state index in [-0.39, 0.29) is 90.2 Å². The van der Waals surface area contributed by atoms with E-state index in [1.54, 1.807) is 72.8 Å². The van der Waals surface area contributed by atoms with Gasteiger partial charge in [-0.3, -0.25) is 28.8 Å². The minimum Gasteiger partial charge on any atom is -0.325 e. The van der Waals surface area contributed by atoms with Crippen LogP contribution in [0.5, 0.6) is 0 Å². The lowest BCUT2D eigenvalue weighted by Crippen LogP contribution is -2.33. The van der Waals surface area contributed by atoms with Crippen LogP contribution in [0.25, 0.3) is 11.1 Å². The molecule has 2 N–H and O–H groups in total. The monoisotopic (exact) mass is 736 g/mol. The van der Waals surface area contributed by atoms with Gasteiger partial charge in [0.25, 0.3) is 0 Å². The molecule has 3 aliphatic carbocycles. The number of nitrogens with one attached hydrogen (secondary N) is 2. The van der Waals surface area contributed by atoms with E-state index in [4.69, 9.17) is 0 Å². The van der Waals surface area contributed by atoms with Gasteiger partial charge in [0, 0.05) is 44.7 Å². The summed E-state index contributed by atoms with van der Waals surface area (Å²) in [7, 11) is 0. The van der Waals surface area contributed by atoms with Crippen LogP contribution in [-0.4, -0.2) is 34.9 Å². The molecule has 0 aromatic heterocycles. The van der Waals surface area contributed by atoms with Gasteiger partial charge in [-0.1, -0.05) is 121 Å². The van der Waals surface area contributed by atoms with Gasteiger partial charge in [-0.05, 0) is 60.8 Å². The molecular weight excluding hydrogens is 689 g/mol. The molecule has 0 aliphatic heterocycles. The van der Waals surface area contributed by atoms with Crippen LogP contribution in [0.15, 0.2) is 72.8 Å². The summed E-state index contributed by atoms with van der Waals surface area (Å²) in [6.07, 6.45) is 8.01. The smallest absolute Gasteiger partial charge is 0.230 e. The minimum atomic E-state index is -0.784. The predicted molar refractivity (Wildman–Crippen MR) is 214 cm³/mol. The lowest BCUT2D eigenvalue weighted by atomic mass is 9.75. The average Bonchev–Trinajstić information content (AvgIpc) is 3.18. The van der Waals surface area contributed by atoms with Gasteiger partial charge in [0.2, 0.25) is 11.8 Å². The van der Waals surface area contributed by atoms with E-state index in [1.807, 2.05) is 13.8 Å². The largest absolute Gasteiger partial charge is 0.325 e. The first-order chi connectivity index (χ1) is 26.2. The molecule has 1 saturated carbocycles. The highest BCUT2D eigenvalue weighted by molar-refractivity contribution is 6.35. The number of ketones is 4. The van der Waals surface area contributed by atoms with Gasteiger partial charge in [0.1, 0.15) is 0 Å². The second-order valence-electron chi connectivity index (χ2n) is 16.8. The summed E-state index contributed by atoms with van der Waals surface area (Å²) >= 11 is 0. The molecule has 2 amide bonds. The average molecular weight is 737 g/mol. The van der Waals surface area contributed by atoms with E-state index >= 15 is 0 Å². The fourth-order valence-corrected chi connectivity index (χ4v) is 8.56. The molecule has 0 spiro atoms. The van der Waals surface area contributed by atoms with Crippen molar-refractivity contribution in [2.24, 2.45) is 16.7 Å². The lowest BCUT2D eigenvalue weighted by molar-refractivity contribution is -0.124. The number of hydrogen-bond acceptors (Lipinski definition) is 6. The Kier molecular flexibility index (Phi) is 10.1.